The third kappa shape index (κ3) is 2.85. The Labute approximate surface area is 100 Å². The van der Waals surface area contributed by atoms with Crippen molar-refractivity contribution in [2.75, 3.05) is 0 Å². The summed E-state index contributed by atoms with van der Waals surface area (Å²) < 4.78 is 7.52. The smallest absolute Gasteiger partial charge is 0.146 e. The zero-order valence-corrected chi connectivity index (χ0v) is 10.00. The average Bonchev–Trinajstić information content (AvgIpc) is 2.73. The van der Waals surface area contributed by atoms with Gasteiger partial charge in [0.25, 0.3) is 0 Å². The van der Waals surface area contributed by atoms with Crippen molar-refractivity contribution in [3.8, 4) is 5.75 Å². The number of nitrogens with zero attached hydrogens (tertiary/aromatic N) is 2. The minimum absolute atomic E-state index is 0.442. The molecule has 0 bridgehead atoms. The molecular formula is C13H16N2O2. The lowest BCUT2D eigenvalue weighted by atomic mass is 10.1. The maximum atomic E-state index is 9.38. The Hall–Kier alpha value is -1.81. The van der Waals surface area contributed by atoms with E-state index >= 15 is 0 Å². The van der Waals surface area contributed by atoms with Crippen LogP contribution in [0.4, 0.5) is 0 Å². The second kappa shape index (κ2) is 5.01. The van der Waals surface area contributed by atoms with E-state index in [4.69, 9.17) is 4.74 Å². The van der Waals surface area contributed by atoms with Gasteiger partial charge < -0.3 is 14.4 Å². The van der Waals surface area contributed by atoms with Crippen LogP contribution in [0.2, 0.25) is 0 Å². The Morgan fingerprint density at radius 1 is 1.35 bits per heavy atom. The van der Waals surface area contributed by atoms with E-state index in [1.54, 1.807) is 13.1 Å². The molecule has 17 heavy (non-hydrogen) atoms. The van der Waals surface area contributed by atoms with E-state index in [-0.39, 0.29) is 0 Å². The quantitative estimate of drug-likeness (QED) is 0.877. The van der Waals surface area contributed by atoms with E-state index in [9.17, 15) is 5.11 Å². The maximum absolute atomic E-state index is 9.38. The molecule has 1 heterocycles. The minimum Gasteiger partial charge on any atom is -0.486 e. The Morgan fingerprint density at radius 2 is 2.06 bits per heavy atom. The van der Waals surface area contributed by atoms with E-state index in [0.717, 1.165) is 17.1 Å². The van der Waals surface area contributed by atoms with Crippen molar-refractivity contribution >= 4 is 0 Å². The number of aliphatic hydroxyl groups excluding tert-OH is 1. The van der Waals surface area contributed by atoms with Crippen LogP contribution >= 0.6 is 0 Å². The van der Waals surface area contributed by atoms with Crippen molar-refractivity contribution in [3.63, 3.8) is 0 Å². The van der Waals surface area contributed by atoms with Crippen LogP contribution in [0, 0.1) is 0 Å². The van der Waals surface area contributed by atoms with Crippen molar-refractivity contribution in [2.45, 2.75) is 19.6 Å². The van der Waals surface area contributed by atoms with Gasteiger partial charge in [-0.2, -0.15) is 0 Å². The second-order valence-electron chi connectivity index (χ2n) is 3.99. The van der Waals surface area contributed by atoms with Gasteiger partial charge >= 0.3 is 0 Å². The van der Waals surface area contributed by atoms with Gasteiger partial charge in [0.1, 0.15) is 18.2 Å². The molecular weight excluding hydrogens is 216 g/mol. The molecule has 4 nitrogen and oxygen atoms in total. The van der Waals surface area contributed by atoms with Gasteiger partial charge in [-0.1, -0.05) is 12.1 Å². The number of aliphatic hydroxyl groups is 1. The number of hydrogen-bond donors (Lipinski definition) is 1. The number of aryl methyl sites for hydroxylation is 1. The van der Waals surface area contributed by atoms with E-state index in [2.05, 4.69) is 4.98 Å². The SMILES string of the molecule is CC(O)c1ccc(OCc2nccn2C)cc1. The topological polar surface area (TPSA) is 47.3 Å². The first-order valence-corrected chi connectivity index (χ1v) is 5.54. The maximum Gasteiger partial charge on any atom is 0.146 e. The molecule has 0 saturated heterocycles. The molecule has 1 unspecified atom stereocenters. The number of ether oxygens (including phenoxy) is 1. The summed E-state index contributed by atoms with van der Waals surface area (Å²) in [6.45, 7) is 2.18. The molecule has 0 aliphatic rings. The molecule has 0 radical (unpaired) electrons. The van der Waals surface area contributed by atoms with Crippen LogP contribution in [0.3, 0.4) is 0 Å². The summed E-state index contributed by atoms with van der Waals surface area (Å²) in [7, 11) is 1.93. The van der Waals surface area contributed by atoms with Crippen LogP contribution in [-0.4, -0.2) is 14.7 Å². The fourth-order valence-corrected chi connectivity index (χ4v) is 1.53. The summed E-state index contributed by atoms with van der Waals surface area (Å²) in [6.07, 6.45) is 3.18. The molecule has 1 aromatic heterocycles. The first-order valence-electron chi connectivity index (χ1n) is 5.54. The van der Waals surface area contributed by atoms with Crippen LogP contribution in [-0.2, 0) is 13.7 Å². The molecule has 0 fully saturated rings. The highest BCUT2D eigenvalue weighted by Gasteiger charge is 2.02. The van der Waals surface area contributed by atoms with E-state index in [1.807, 2.05) is 42.1 Å². The average molecular weight is 232 g/mol. The normalized spacial score (nSPS) is 12.4. The van der Waals surface area contributed by atoms with Gasteiger partial charge in [-0.3, -0.25) is 0 Å². The molecule has 0 aliphatic heterocycles. The molecule has 2 rings (SSSR count). The Bertz CT molecular complexity index is 474. The summed E-state index contributed by atoms with van der Waals surface area (Å²) in [5.74, 6) is 1.65. The van der Waals surface area contributed by atoms with E-state index < -0.39 is 6.10 Å². The highest BCUT2D eigenvalue weighted by molar-refractivity contribution is 5.28. The third-order valence-corrected chi connectivity index (χ3v) is 2.65. The monoisotopic (exact) mass is 232 g/mol. The lowest BCUT2D eigenvalue weighted by molar-refractivity contribution is 0.199. The molecule has 0 aliphatic carbocycles. The Kier molecular flexibility index (Phi) is 3.44. The van der Waals surface area contributed by atoms with Gasteiger partial charge in [0, 0.05) is 19.4 Å². The minimum atomic E-state index is -0.446. The van der Waals surface area contributed by atoms with Crippen LogP contribution < -0.4 is 4.74 Å². The van der Waals surface area contributed by atoms with Gasteiger partial charge in [0.15, 0.2) is 0 Å². The van der Waals surface area contributed by atoms with E-state index in [0.29, 0.717) is 6.61 Å². The highest BCUT2D eigenvalue weighted by Crippen LogP contribution is 2.17. The number of benzene rings is 1. The molecule has 2 aromatic rings. The molecule has 1 atom stereocenters. The number of imidazole rings is 1. The molecule has 1 N–H and O–H groups in total. The second-order valence-corrected chi connectivity index (χ2v) is 3.99. The third-order valence-electron chi connectivity index (χ3n) is 2.65. The highest BCUT2D eigenvalue weighted by atomic mass is 16.5. The number of hydrogen-bond acceptors (Lipinski definition) is 3. The van der Waals surface area contributed by atoms with Crippen molar-refractivity contribution in [2.24, 2.45) is 7.05 Å². The zero-order valence-electron chi connectivity index (χ0n) is 10.00. The summed E-state index contributed by atoms with van der Waals surface area (Å²) in [5.41, 5.74) is 0.884. The summed E-state index contributed by atoms with van der Waals surface area (Å²) in [4.78, 5) is 4.17. The Morgan fingerprint density at radius 3 is 2.59 bits per heavy atom. The molecule has 0 amide bonds. The molecule has 1 aromatic carbocycles. The van der Waals surface area contributed by atoms with Crippen LogP contribution in [0.25, 0.3) is 0 Å². The number of rotatable bonds is 4. The summed E-state index contributed by atoms with van der Waals surface area (Å²) in [6, 6.07) is 7.42. The lowest BCUT2D eigenvalue weighted by Gasteiger charge is -2.08. The van der Waals surface area contributed by atoms with Crippen molar-refractivity contribution in [1.82, 2.24) is 9.55 Å². The largest absolute Gasteiger partial charge is 0.486 e. The van der Waals surface area contributed by atoms with Crippen LogP contribution in [0.5, 0.6) is 5.75 Å². The first kappa shape index (κ1) is 11.7. The number of aromatic nitrogens is 2. The summed E-state index contributed by atoms with van der Waals surface area (Å²) >= 11 is 0. The van der Waals surface area contributed by atoms with Crippen molar-refractivity contribution in [3.05, 3.63) is 48.0 Å². The standard InChI is InChI=1S/C13H16N2O2/c1-10(16)11-3-5-12(6-4-11)17-9-13-14-7-8-15(13)2/h3-8,10,16H,9H2,1-2H3. The van der Waals surface area contributed by atoms with Crippen LogP contribution in [0.1, 0.15) is 24.4 Å². The Balaban J connectivity index is 1.98. The fourth-order valence-electron chi connectivity index (χ4n) is 1.53. The van der Waals surface area contributed by atoms with Gasteiger partial charge in [0.05, 0.1) is 6.10 Å². The van der Waals surface area contributed by atoms with Gasteiger partial charge in [-0.05, 0) is 24.6 Å². The van der Waals surface area contributed by atoms with Crippen molar-refractivity contribution < 1.29 is 9.84 Å². The van der Waals surface area contributed by atoms with Gasteiger partial charge in [-0.15, -0.1) is 0 Å². The first-order chi connectivity index (χ1) is 8.16. The van der Waals surface area contributed by atoms with Gasteiger partial charge in [0.2, 0.25) is 0 Å². The van der Waals surface area contributed by atoms with E-state index in [1.165, 1.54) is 0 Å². The zero-order chi connectivity index (χ0) is 12.3. The summed E-state index contributed by atoms with van der Waals surface area (Å²) in [5, 5.41) is 9.38. The molecule has 0 spiro atoms. The molecule has 4 heteroatoms. The van der Waals surface area contributed by atoms with Crippen LogP contribution in [0.15, 0.2) is 36.7 Å². The molecule has 0 saturated carbocycles. The van der Waals surface area contributed by atoms with Crippen molar-refractivity contribution in [1.29, 1.82) is 0 Å². The van der Waals surface area contributed by atoms with Gasteiger partial charge in [-0.25, -0.2) is 4.98 Å². The molecule has 90 valence electrons. The fraction of sp³-hybridized carbons (Fsp3) is 0.308. The predicted octanol–water partition coefficient (Wildman–Crippen LogP) is 2.05. The lowest BCUT2D eigenvalue weighted by Crippen LogP contribution is -2.03. The predicted molar refractivity (Wildman–Crippen MR) is 64.6 cm³/mol.